The van der Waals surface area contributed by atoms with Crippen LogP contribution in [-0.4, -0.2) is 23.7 Å². The van der Waals surface area contributed by atoms with Crippen LogP contribution < -0.4 is 10.0 Å². The van der Waals surface area contributed by atoms with Crippen LogP contribution in [0.3, 0.4) is 0 Å². The van der Waals surface area contributed by atoms with Crippen molar-refractivity contribution in [3.63, 3.8) is 0 Å². The Balaban J connectivity index is 1.56. The summed E-state index contributed by atoms with van der Waals surface area (Å²) in [6.45, 7) is 1.74. The minimum absolute atomic E-state index is 0.0572. The van der Waals surface area contributed by atoms with E-state index in [-0.39, 0.29) is 10.6 Å². The van der Waals surface area contributed by atoms with Gasteiger partial charge in [-0.25, -0.2) is 8.42 Å². The first kappa shape index (κ1) is 22.4. The number of benzene rings is 4. The van der Waals surface area contributed by atoms with Gasteiger partial charge in [-0.3, -0.25) is 4.72 Å². The molecule has 3 N–H and O–H groups in total. The maximum atomic E-state index is 13.2. The Morgan fingerprint density at radius 3 is 2.17 bits per heavy atom. The zero-order chi connectivity index (χ0) is 24.4. The van der Waals surface area contributed by atoms with Gasteiger partial charge in [0.2, 0.25) is 0 Å². The summed E-state index contributed by atoms with van der Waals surface area (Å²) in [6.07, 6.45) is 0. The van der Waals surface area contributed by atoms with E-state index in [0.29, 0.717) is 28.3 Å². The van der Waals surface area contributed by atoms with Crippen molar-refractivity contribution >= 4 is 38.0 Å². The molecular weight excluding hydrogens is 460 g/mol. The molecule has 0 aliphatic carbocycles. The second-order valence-corrected chi connectivity index (χ2v) is 9.72. The molecule has 0 bridgehead atoms. The van der Waals surface area contributed by atoms with Crippen LogP contribution in [0.2, 0.25) is 0 Å². The van der Waals surface area contributed by atoms with Crippen molar-refractivity contribution in [2.24, 2.45) is 0 Å². The first-order chi connectivity index (χ1) is 16.9. The SMILES string of the molecule is Cc1ccc(-c2nnc(Nc3ccccc3)c3ccccc23)cc1S(=O)(=O)Nc1ccc(O)cc1. The molecule has 0 saturated heterocycles. The van der Waals surface area contributed by atoms with Crippen molar-refractivity contribution in [1.29, 1.82) is 0 Å². The number of hydrogen-bond acceptors (Lipinski definition) is 6. The number of sulfonamides is 1. The van der Waals surface area contributed by atoms with E-state index in [4.69, 9.17) is 0 Å². The third-order valence-electron chi connectivity index (χ3n) is 5.59. The van der Waals surface area contributed by atoms with Crippen molar-refractivity contribution in [3.8, 4) is 17.0 Å². The number of aryl methyl sites for hydroxylation is 1. The van der Waals surface area contributed by atoms with Gasteiger partial charge in [-0.05, 0) is 55.0 Å². The molecule has 7 nitrogen and oxygen atoms in total. The lowest BCUT2D eigenvalue weighted by atomic mass is 10.0. The number of nitrogens with zero attached hydrogens (tertiary/aromatic N) is 2. The Bertz CT molecular complexity index is 1620. The molecule has 0 aliphatic rings. The smallest absolute Gasteiger partial charge is 0.262 e. The lowest BCUT2D eigenvalue weighted by Gasteiger charge is -2.14. The fourth-order valence-corrected chi connectivity index (χ4v) is 5.17. The number of hydrogen-bond donors (Lipinski definition) is 3. The first-order valence-corrected chi connectivity index (χ1v) is 12.4. The third-order valence-corrected chi connectivity index (χ3v) is 7.12. The van der Waals surface area contributed by atoms with Gasteiger partial charge in [0.1, 0.15) is 11.4 Å². The van der Waals surface area contributed by atoms with Crippen molar-refractivity contribution in [3.05, 3.63) is 103 Å². The molecule has 8 heteroatoms. The molecule has 0 unspecified atom stereocenters. The second kappa shape index (κ2) is 9.08. The molecule has 5 rings (SSSR count). The van der Waals surface area contributed by atoms with Crippen LogP contribution in [0.1, 0.15) is 5.56 Å². The Kier molecular flexibility index (Phi) is 5.80. The molecule has 174 valence electrons. The van der Waals surface area contributed by atoms with Crippen LogP contribution in [-0.2, 0) is 10.0 Å². The number of para-hydroxylation sites is 1. The zero-order valence-electron chi connectivity index (χ0n) is 18.8. The molecule has 0 spiro atoms. The molecule has 4 aromatic carbocycles. The molecule has 0 radical (unpaired) electrons. The van der Waals surface area contributed by atoms with Gasteiger partial charge in [0.25, 0.3) is 10.0 Å². The normalized spacial score (nSPS) is 11.3. The molecule has 0 saturated carbocycles. The van der Waals surface area contributed by atoms with Crippen LogP contribution >= 0.6 is 0 Å². The van der Waals surface area contributed by atoms with Crippen molar-refractivity contribution in [2.75, 3.05) is 10.0 Å². The van der Waals surface area contributed by atoms with Crippen LogP contribution in [0.5, 0.6) is 5.75 Å². The predicted octanol–water partition coefficient (Wildman–Crippen LogP) is 5.86. The lowest BCUT2D eigenvalue weighted by molar-refractivity contribution is 0.475. The number of anilines is 3. The van der Waals surface area contributed by atoms with E-state index in [0.717, 1.165) is 16.5 Å². The molecule has 0 aliphatic heterocycles. The molecule has 0 fully saturated rings. The Morgan fingerprint density at radius 2 is 1.43 bits per heavy atom. The summed E-state index contributed by atoms with van der Waals surface area (Å²) in [5.74, 6) is 0.672. The minimum atomic E-state index is -3.88. The number of phenols is 1. The molecule has 35 heavy (non-hydrogen) atoms. The van der Waals surface area contributed by atoms with E-state index < -0.39 is 10.0 Å². The standard InChI is InChI=1S/C27H22N4O3S/c1-18-11-12-19(17-25(18)35(33,34)31-21-13-15-22(32)16-14-21)26-23-9-5-6-10-24(23)27(30-29-26)28-20-7-3-2-4-8-20/h2-17,31-32H,1H3,(H,28,30). The first-order valence-electron chi connectivity index (χ1n) is 10.9. The molecule has 5 aromatic rings. The Morgan fingerprint density at radius 1 is 0.743 bits per heavy atom. The highest BCUT2D eigenvalue weighted by atomic mass is 32.2. The van der Waals surface area contributed by atoms with Crippen LogP contribution in [0.4, 0.5) is 17.2 Å². The largest absolute Gasteiger partial charge is 0.508 e. The Hall–Kier alpha value is -4.43. The van der Waals surface area contributed by atoms with E-state index in [9.17, 15) is 13.5 Å². The maximum absolute atomic E-state index is 13.2. The molecular formula is C27H22N4O3S. The quantitative estimate of drug-likeness (QED) is 0.262. The molecule has 0 atom stereocenters. The van der Waals surface area contributed by atoms with Gasteiger partial charge < -0.3 is 10.4 Å². The summed E-state index contributed by atoms with van der Waals surface area (Å²) < 4.78 is 29.0. The van der Waals surface area contributed by atoms with Crippen LogP contribution in [0.25, 0.3) is 22.0 Å². The van der Waals surface area contributed by atoms with Crippen molar-refractivity contribution in [1.82, 2.24) is 10.2 Å². The fourth-order valence-electron chi connectivity index (χ4n) is 3.84. The molecule has 1 heterocycles. The van der Waals surface area contributed by atoms with E-state index in [1.807, 2.05) is 60.7 Å². The highest BCUT2D eigenvalue weighted by Crippen LogP contribution is 2.33. The zero-order valence-corrected chi connectivity index (χ0v) is 19.6. The summed E-state index contributed by atoms with van der Waals surface area (Å²) in [5, 5.41) is 23.4. The van der Waals surface area contributed by atoms with Gasteiger partial charge in [0, 0.05) is 27.7 Å². The van der Waals surface area contributed by atoms with Gasteiger partial charge in [-0.15, -0.1) is 10.2 Å². The fraction of sp³-hybridized carbons (Fsp3) is 0.0370. The number of aromatic hydroxyl groups is 1. The minimum Gasteiger partial charge on any atom is -0.508 e. The molecule has 0 amide bonds. The van der Waals surface area contributed by atoms with E-state index >= 15 is 0 Å². The van der Waals surface area contributed by atoms with Crippen LogP contribution in [0, 0.1) is 6.92 Å². The maximum Gasteiger partial charge on any atom is 0.262 e. The van der Waals surface area contributed by atoms with Gasteiger partial charge in [0.15, 0.2) is 5.82 Å². The summed E-state index contributed by atoms with van der Waals surface area (Å²) in [6, 6.07) is 28.5. The summed E-state index contributed by atoms with van der Waals surface area (Å²) in [7, 11) is -3.88. The van der Waals surface area contributed by atoms with Gasteiger partial charge in [-0.2, -0.15) is 0 Å². The lowest BCUT2D eigenvalue weighted by Crippen LogP contribution is -2.14. The number of nitrogens with one attached hydrogen (secondary N) is 2. The number of aromatic nitrogens is 2. The monoisotopic (exact) mass is 482 g/mol. The van der Waals surface area contributed by atoms with E-state index in [1.54, 1.807) is 19.1 Å². The highest BCUT2D eigenvalue weighted by Gasteiger charge is 2.20. The van der Waals surface area contributed by atoms with Gasteiger partial charge in [0.05, 0.1) is 4.90 Å². The van der Waals surface area contributed by atoms with E-state index in [1.165, 1.54) is 24.3 Å². The summed E-state index contributed by atoms with van der Waals surface area (Å²) in [4.78, 5) is 0.139. The van der Waals surface area contributed by atoms with Crippen molar-refractivity contribution in [2.45, 2.75) is 11.8 Å². The number of fused-ring (bicyclic) bond motifs is 1. The number of rotatable bonds is 6. The predicted molar refractivity (Wildman–Crippen MR) is 138 cm³/mol. The second-order valence-electron chi connectivity index (χ2n) is 8.07. The summed E-state index contributed by atoms with van der Waals surface area (Å²) >= 11 is 0. The average molecular weight is 483 g/mol. The third kappa shape index (κ3) is 4.64. The van der Waals surface area contributed by atoms with E-state index in [2.05, 4.69) is 20.2 Å². The highest BCUT2D eigenvalue weighted by molar-refractivity contribution is 7.92. The van der Waals surface area contributed by atoms with Gasteiger partial charge >= 0.3 is 0 Å². The molecule has 1 aromatic heterocycles. The Labute approximate surface area is 203 Å². The van der Waals surface area contributed by atoms with Gasteiger partial charge in [-0.1, -0.05) is 54.6 Å². The summed E-state index contributed by atoms with van der Waals surface area (Å²) in [5.41, 5.74) is 3.06. The van der Waals surface area contributed by atoms with Crippen molar-refractivity contribution < 1.29 is 13.5 Å². The topological polar surface area (TPSA) is 104 Å². The number of phenolic OH excluding ortho intramolecular Hbond substituents is 1. The van der Waals surface area contributed by atoms with Crippen LogP contribution in [0.15, 0.2) is 102 Å². The average Bonchev–Trinajstić information content (AvgIpc) is 2.86.